The quantitative estimate of drug-likeness (QED) is 0.610. The number of nitrogens with zero attached hydrogens (tertiary/aromatic N) is 1. The highest BCUT2D eigenvalue weighted by Gasteiger charge is 1.87. The first-order valence-electron chi connectivity index (χ1n) is 3.18. The summed E-state index contributed by atoms with van der Waals surface area (Å²) >= 11 is 3.18. The zero-order valence-electron chi connectivity index (χ0n) is 6.82. The molecule has 2 heteroatoms. The molecule has 0 aliphatic heterocycles. The van der Waals surface area contributed by atoms with E-state index in [9.17, 15) is 0 Å². The molecule has 0 saturated heterocycles. The van der Waals surface area contributed by atoms with Crippen LogP contribution in [0.3, 0.4) is 0 Å². The van der Waals surface area contributed by atoms with Gasteiger partial charge in [0.1, 0.15) is 4.62 Å². The monoisotopic (exact) mass is 203 g/mol. The van der Waals surface area contributed by atoms with E-state index >= 15 is 0 Å². The molecule has 0 aromatic carbocycles. The van der Waals surface area contributed by atoms with Crippen LogP contribution in [-0.4, -0.2) is 4.62 Å². The summed E-state index contributed by atoms with van der Waals surface area (Å²) in [4.78, 5) is 3.82. The SMILES string of the molecule is C=CN=C(Br)C(=C)C.CC. The van der Waals surface area contributed by atoms with Crippen LogP contribution in [0.15, 0.2) is 29.9 Å². The Hall–Kier alpha value is -0.370. The highest BCUT2D eigenvalue weighted by atomic mass is 79.9. The van der Waals surface area contributed by atoms with Crippen LogP contribution in [-0.2, 0) is 0 Å². The van der Waals surface area contributed by atoms with Gasteiger partial charge in [-0.15, -0.1) is 0 Å². The minimum Gasteiger partial charge on any atom is -0.250 e. The Morgan fingerprint density at radius 1 is 1.50 bits per heavy atom. The molecule has 0 radical (unpaired) electrons. The van der Waals surface area contributed by atoms with E-state index in [-0.39, 0.29) is 0 Å². The lowest BCUT2D eigenvalue weighted by Crippen LogP contribution is -1.82. The van der Waals surface area contributed by atoms with Crippen molar-refractivity contribution in [3.8, 4) is 0 Å². The minimum absolute atomic E-state index is 0.757. The van der Waals surface area contributed by atoms with Crippen molar-refractivity contribution in [3.05, 3.63) is 24.9 Å². The van der Waals surface area contributed by atoms with Gasteiger partial charge in [0.25, 0.3) is 0 Å². The van der Waals surface area contributed by atoms with Crippen LogP contribution in [0.25, 0.3) is 0 Å². The molecule has 0 aromatic heterocycles. The van der Waals surface area contributed by atoms with E-state index in [0.29, 0.717) is 0 Å². The van der Waals surface area contributed by atoms with Gasteiger partial charge in [-0.25, -0.2) is 4.99 Å². The fourth-order valence-corrected chi connectivity index (χ4v) is 0.335. The minimum atomic E-state index is 0.757. The number of halogens is 1. The summed E-state index contributed by atoms with van der Waals surface area (Å²) < 4.78 is 0.757. The molecule has 0 rings (SSSR count). The predicted molar refractivity (Wildman–Crippen MR) is 52.7 cm³/mol. The van der Waals surface area contributed by atoms with Crippen molar-refractivity contribution in [2.45, 2.75) is 20.8 Å². The molecule has 0 N–H and O–H groups in total. The summed E-state index contributed by atoms with van der Waals surface area (Å²) in [6, 6.07) is 0. The molecule has 0 saturated carbocycles. The number of aliphatic imine (C=N–C) groups is 1. The highest BCUT2D eigenvalue weighted by molar-refractivity contribution is 9.18. The van der Waals surface area contributed by atoms with E-state index in [0.717, 1.165) is 10.2 Å². The molecule has 0 aliphatic carbocycles. The number of hydrogen-bond acceptors (Lipinski definition) is 1. The Morgan fingerprint density at radius 3 is 2.00 bits per heavy atom. The van der Waals surface area contributed by atoms with Gasteiger partial charge in [0.05, 0.1) is 0 Å². The maximum absolute atomic E-state index is 3.82. The number of rotatable bonds is 2. The average molecular weight is 204 g/mol. The number of allylic oxidation sites excluding steroid dienone is 1. The third-order valence-corrected chi connectivity index (χ3v) is 1.44. The van der Waals surface area contributed by atoms with E-state index in [4.69, 9.17) is 0 Å². The van der Waals surface area contributed by atoms with Crippen LogP contribution in [0.1, 0.15) is 20.8 Å². The molecular formula is C8H14BrN. The Balaban J connectivity index is 0. The van der Waals surface area contributed by atoms with Crippen molar-refractivity contribution in [2.24, 2.45) is 4.99 Å². The molecule has 0 heterocycles. The largest absolute Gasteiger partial charge is 0.250 e. The average Bonchev–Trinajstić information content (AvgIpc) is 1.93. The Morgan fingerprint density at radius 2 is 1.90 bits per heavy atom. The zero-order chi connectivity index (χ0) is 8.57. The summed E-state index contributed by atoms with van der Waals surface area (Å²) in [7, 11) is 0. The fraction of sp³-hybridized carbons (Fsp3) is 0.375. The molecule has 0 aliphatic rings. The van der Waals surface area contributed by atoms with Gasteiger partial charge >= 0.3 is 0 Å². The van der Waals surface area contributed by atoms with Crippen molar-refractivity contribution >= 4 is 20.6 Å². The molecule has 0 aromatic rings. The molecule has 0 spiro atoms. The van der Waals surface area contributed by atoms with E-state index in [2.05, 4.69) is 34.1 Å². The maximum atomic E-state index is 3.82. The fourth-order valence-electron chi connectivity index (χ4n) is 0.190. The Labute approximate surface area is 71.7 Å². The molecule has 0 atom stereocenters. The van der Waals surface area contributed by atoms with Crippen molar-refractivity contribution in [3.63, 3.8) is 0 Å². The van der Waals surface area contributed by atoms with Gasteiger partial charge in [0, 0.05) is 6.20 Å². The smallest absolute Gasteiger partial charge is 0.108 e. The van der Waals surface area contributed by atoms with Gasteiger partial charge in [-0.2, -0.15) is 0 Å². The summed E-state index contributed by atoms with van der Waals surface area (Å²) in [5, 5.41) is 0. The van der Waals surface area contributed by atoms with Gasteiger partial charge in [-0.3, -0.25) is 0 Å². The van der Waals surface area contributed by atoms with Crippen LogP contribution in [0, 0.1) is 0 Å². The lowest BCUT2D eigenvalue weighted by Gasteiger charge is -1.88. The summed E-state index contributed by atoms with van der Waals surface area (Å²) in [6.07, 6.45) is 1.47. The Bertz CT molecular complexity index is 136. The second-order valence-corrected chi connectivity index (χ2v) is 2.13. The van der Waals surface area contributed by atoms with Gasteiger partial charge in [-0.1, -0.05) is 27.0 Å². The third-order valence-electron chi connectivity index (χ3n) is 0.557. The topological polar surface area (TPSA) is 12.4 Å². The second-order valence-electron chi connectivity index (χ2n) is 1.38. The van der Waals surface area contributed by atoms with Crippen LogP contribution in [0.2, 0.25) is 0 Å². The summed E-state index contributed by atoms with van der Waals surface area (Å²) in [6.45, 7) is 12.9. The molecule has 1 nitrogen and oxygen atoms in total. The van der Waals surface area contributed by atoms with Gasteiger partial charge in [0.15, 0.2) is 0 Å². The number of hydrogen-bond donors (Lipinski definition) is 0. The molecular weight excluding hydrogens is 190 g/mol. The maximum Gasteiger partial charge on any atom is 0.108 e. The predicted octanol–water partition coefficient (Wildman–Crippen LogP) is 3.53. The van der Waals surface area contributed by atoms with Crippen molar-refractivity contribution in [2.75, 3.05) is 0 Å². The normalized spacial score (nSPS) is 9.40. The first kappa shape index (κ1) is 12.3. The molecule has 0 fully saturated rings. The lowest BCUT2D eigenvalue weighted by atomic mass is 10.4. The highest BCUT2D eigenvalue weighted by Crippen LogP contribution is 2.00. The first-order chi connectivity index (χ1) is 4.68. The lowest BCUT2D eigenvalue weighted by molar-refractivity contribution is 1.50. The van der Waals surface area contributed by atoms with Gasteiger partial charge in [0.2, 0.25) is 0 Å². The van der Waals surface area contributed by atoms with Crippen molar-refractivity contribution < 1.29 is 0 Å². The van der Waals surface area contributed by atoms with Crippen molar-refractivity contribution in [1.29, 1.82) is 0 Å². The first-order valence-corrected chi connectivity index (χ1v) is 3.98. The molecule has 58 valence electrons. The molecule has 10 heavy (non-hydrogen) atoms. The van der Waals surface area contributed by atoms with Crippen LogP contribution in [0.4, 0.5) is 0 Å². The van der Waals surface area contributed by atoms with Crippen LogP contribution in [0.5, 0.6) is 0 Å². The van der Waals surface area contributed by atoms with E-state index in [1.54, 1.807) is 0 Å². The van der Waals surface area contributed by atoms with Crippen LogP contribution < -0.4 is 0 Å². The van der Waals surface area contributed by atoms with Gasteiger partial charge in [-0.05, 0) is 28.4 Å². The van der Waals surface area contributed by atoms with E-state index in [1.165, 1.54) is 6.20 Å². The van der Waals surface area contributed by atoms with Crippen molar-refractivity contribution in [1.82, 2.24) is 0 Å². The van der Waals surface area contributed by atoms with Crippen LogP contribution >= 0.6 is 15.9 Å². The molecule has 0 unspecified atom stereocenters. The summed E-state index contributed by atoms with van der Waals surface area (Å²) in [5.74, 6) is 0. The summed E-state index contributed by atoms with van der Waals surface area (Å²) in [5.41, 5.74) is 0.907. The van der Waals surface area contributed by atoms with E-state index in [1.807, 2.05) is 20.8 Å². The molecule has 0 bridgehead atoms. The Kier molecular flexibility index (Phi) is 10.6. The van der Waals surface area contributed by atoms with E-state index < -0.39 is 0 Å². The second kappa shape index (κ2) is 8.63. The standard InChI is InChI=1S/C6H8BrN.C2H6/c1-4-8-6(7)5(2)3;1-2/h4H,1-2H2,3H3;1-2H3. The molecule has 0 amide bonds. The third kappa shape index (κ3) is 7.63. The van der Waals surface area contributed by atoms with Gasteiger partial charge < -0.3 is 0 Å². The zero-order valence-corrected chi connectivity index (χ0v) is 8.40.